The lowest BCUT2D eigenvalue weighted by atomic mass is 9.83. The standard InChI is InChI=1S/C28H41N5O4.ClH/c1-18-17-32(27(35)24-15-21-11-12-22(37-5)16-23(21)31(24)4)13-14-33(18)28(36)25(20-9-7-6-8-10-20)30-26(34)19(2)29-3;/h11-12,15-16,18-20,25,29H,6-10,13-14,17H2,1-5H3,(H,30,34);1H/t18-,19?,25?;/m1./s1. The first kappa shape index (κ1) is 29.8. The van der Waals surface area contributed by atoms with Crippen molar-refractivity contribution in [2.45, 2.75) is 64.1 Å². The van der Waals surface area contributed by atoms with Gasteiger partial charge in [-0.2, -0.15) is 0 Å². The Balaban J connectivity index is 0.00000400. The molecule has 2 fully saturated rings. The third-order valence-corrected chi connectivity index (χ3v) is 8.18. The fourth-order valence-corrected chi connectivity index (χ4v) is 5.71. The predicted molar refractivity (Wildman–Crippen MR) is 151 cm³/mol. The average molecular weight is 548 g/mol. The number of nitrogens with one attached hydrogen (secondary N) is 2. The van der Waals surface area contributed by atoms with Crippen LogP contribution in [0.5, 0.6) is 5.75 Å². The molecule has 1 aromatic carbocycles. The Morgan fingerprint density at radius 2 is 1.79 bits per heavy atom. The number of nitrogens with zero attached hydrogens (tertiary/aromatic N) is 3. The highest BCUT2D eigenvalue weighted by Gasteiger charge is 2.38. The van der Waals surface area contributed by atoms with Crippen LogP contribution in [0.2, 0.25) is 0 Å². The van der Waals surface area contributed by atoms with E-state index in [4.69, 9.17) is 4.74 Å². The Morgan fingerprint density at radius 3 is 2.42 bits per heavy atom. The van der Waals surface area contributed by atoms with Gasteiger partial charge >= 0.3 is 0 Å². The number of likely N-dealkylation sites (N-methyl/N-ethyl adjacent to an activating group) is 1. The van der Waals surface area contributed by atoms with E-state index < -0.39 is 6.04 Å². The highest BCUT2D eigenvalue weighted by molar-refractivity contribution is 5.99. The van der Waals surface area contributed by atoms with E-state index >= 15 is 0 Å². The van der Waals surface area contributed by atoms with Gasteiger partial charge in [-0.05, 0) is 57.9 Å². The maximum absolute atomic E-state index is 13.8. The Kier molecular flexibility index (Phi) is 10.1. The van der Waals surface area contributed by atoms with E-state index in [1.54, 1.807) is 21.1 Å². The minimum absolute atomic E-state index is 0. The number of carbonyl (C=O) groups is 3. The van der Waals surface area contributed by atoms with E-state index in [0.717, 1.165) is 42.3 Å². The minimum Gasteiger partial charge on any atom is -0.497 e. The Hall–Kier alpha value is -2.78. The molecule has 10 heteroatoms. The number of fused-ring (bicyclic) bond motifs is 1. The Bertz CT molecular complexity index is 1150. The van der Waals surface area contributed by atoms with E-state index in [0.29, 0.717) is 25.3 Å². The highest BCUT2D eigenvalue weighted by atomic mass is 35.5. The summed E-state index contributed by atoms with van der Waals surface area (Å²) in [4.78, 5) is 43.7. The number of aromatic nitrogens is 1. The lowest BCUT2D eigenvalue weighted by Gasteiger charge is -2.43. The van der Waals surface area contributed by atoms with Crippen molar-refractivity contribution in [2.75, 3.05) is 33.8 Å². The van der Waals surface area contributed by atoms with Crippen molar-refractivity contribution >= 4 is 41.0 Å². The first-order valence-corrected chi connectivity index (χ1v) is 13.5. The van der Waals surface area contributed by atoms with Crippen LogP contribution in [0.3, 0.4) is 0 Å². The zero-order valence-electron chi connectivity index (χ0n) is 23.2. The number of rotatable bonds is 7. The molecule has 2 unspecified atom stereocenters. The average Bonchev–Trinajstić information content (AvgIpc) is 3.26. The van der Waals surface area contributed by atoms with Gasteiger partial charge in [0.1, 0.15) is 17.5 Å². The molecule has 2 aliphatic rings. The summed E-state index contributed by atoms with van der Waals surface area (Å²) in [6, 6.07) is 6.65. The van der Waals surface area contributed by atoms with Crippen LogP contribution in [0.25, 0.3) is 10.9 Å². The molecule has 0 bridgehead atoms. The van der Waals surface area contributed by atoms with Crippen LogP contribution < -0.4 is 15.4 Å². The molecule has 1 aromatic heterocycles. The number of halogens is 1. The number of amides is 3. The van der Waals surface area contributed by atoms with Crippen molar-refractivity contribution in [3.8, 4) is 5.75 Å². The van der Waals surface area contributed by atoms with Crippen molar-refractivity contribution in [1.29, 1.82) is 0 Å². The van der Waals surface area contributed by atoms with Crippen LogP contribution >= 0.6 is 12.4 Å². The van der Waals surface area contributed by atoms with E-state index in [-0.39, 0.29) is 48.1 Å². The molecule has 210 valence electrons. The maximum Gasteiger partial charge on any atom is 0.270 e. The van der Waals surface area contributed by atoms with E-state index in [1.807, 2.05) is 52.6 Å². The van der Waals surface area contributed by atoms with Gasteiger partial charge in [0, 0.05) is 44.2 Å². The number of hydrogen-bond acceptors (Lipinski definition) is 5. The second-order valence-electron chi connectivity index (χ2n) is 10.5. The van der Waals surface area contributed by atoms with Gasteiger partial charge in [-0.15, -0.1) is 12.4 Å². The van der Waals surface area contributed by atoms with Crippen molar-refractivity contribution in [3.63, 3.8) is 0 Å². The molecule has 9 nitrogen and oxygen atoms in total. The monoisotopic (exact) mass is 547 g/mol. The van der Waals surface area contributed by atoms with Gasteiger partial charge in [-0.3, -0.25) is 14.4 Å². The van der Waals surface area contributed by atoms with Crippen LogP contribution in [-0.4, -0.2) is 84.0 Å². The third-order valence-electron chi connectivity index (χ3n) is 8.18. The molecule has 2 aromatic rings. The molecule has 3 atom stereocenters. The van der Waals surface area contributed by atoms with Gasteiger partial charge in [0.25, 0.3) is 5.91 Å². The third kappa shape index (κ3) is 6.10. The van der Waals surface area contributed by atoms with E-state index in [1.165, 1.54) is 6.42 Å². The zero-order chi connectivity index (χ0) is 26.7. The summed E-state index contributed by atoms with van der Waals surface area (Å²) in [5.41, 5.74) is 1.55. The Labute approximate surface area is 231 Å². The molecular weight excluding hydrogens is 506 g/mol. The van der Waals surface area contributed by atoms with Crippen LogP contribution in [0, 0.1) is 5.92 Å². The highest BCUT2D eigenvalue weighted by Crippen LogP contribution is 2.29. The number of carbonyl (C=O) groups excluding carboxylic acids is 3. The molecule has 1 saturated heterocycles. The van der Waals surface area contributed by atoms with Crippen LogP contribution in [0.1, 0.15) is 56.4 Å². The zero-order valence-corrected chi connectivity index (χ0v) is 24.0. The Morgan fingerprint density at radius 1 is 1.08 bits per heavy atom. The SMILES string of the molecule is CNC(C)C(=O)NC(C(=O)N1CCN(C(=O)c2cc3ccc(OC)cc3n2C)C[C@H]1C)C1CCCCC1.Cl. The van der Waals surface area contributed by atoms with Crippen molar-refractivity contribution in [3.05, 3.63) is 30.0 Å². The summed E-state index contributed by atoms with van der Waals surface area (Å²) in [6.45, 7) is 5.14. The number of piperazine rings is 1. The summed E-state index contributed by atoms with van der Waals surface area (Å²) < 4.78 is 7.24. The van der Waals surface area contributed by atoms with E-state index in [9.17, 15) is 14.4 Å². The molecule has 4 rings (SSSR count). The minimum atomic E-state index is -0.526. The molecule has 2 heterocycles. The first-order valence-electron chi connectivity index (χ1n) is 13.5. The maximum atomic E-state index is 13.8. The fraction of sp³-hybridized carbons (Fsp3) is 0.607. The quantitative estimate of drug-likeness (QED) is 0.555. The van der Waals surface area contributed by atoms with Crippen LogP contribution in [0.4, 0.5) is 0 Å². The number of ether oxygens (including phenoxy) is 1. The molecule has 1 aliphatic carbocycles. The van der Waals surface area contributed by atoms with Crippen molar-refractivity contribution < 1.29 is 19.1 Å². The first-order chi connectivity index (χ1) is 17.7. The predicted octanol–water partition coefficient (Wildman–Crippen LogP) is 2.95. The second-order valence-corrected chi connectivity index (χ2v) is 10.5. The van der Waals surface area contributed by atoms with Crippen molar-refractivity contribution in [1.82, 2.24) is 25.0 Å². The summed E-state index contributed by atoms with van der Waals surface area (Å²) in [5.74, 6) is 0.669. The molecule has 2 N–H and O–H groups in total. The number of methoxy groups -OCH3 is 1. The topological polar surface area (TPSA) is 95.9 Å². The number of benzene rings is 1. The smallest absolute Gasteiger partial charge is 0.270 e. The van der Waals surface area contributed by atoms with Gasteiger partial charge in [0.05, 0.1) is 18.7 Å². The lowest BCUT2D eigenvalue weighted by molar-refractivity contribution is -0.142. The van der Waals surface area contributed by atoms with Gasteiger partial charge < -0.3 is 29.7 Å². The molecule has 1 aliphatic heterocycles. The molecule has 0 spiro atoms. The number of hydrogen-bond donors (Lipinski definition) is 2. The van der Waals surface area contributed by atoms with Crippen LogP contribution in [-0.2, 0) is 16.6 Å². The molecule has 1 saturated carbocycles. The normalized spacial score (nSPS) is 20.0. The fourth-order valence-electron chi connectivity index (χ4n) is 5.71. The van der Waals surface area contributed by atoms with Gasteiger partial charge in [-0.1, -0.05) is 19.3 Å². The summed E-state index contributed by atoms with van der Waals surface area (Å²) in [5, 5.41) is 7.01. The summed E-state index contributed by atoms with van der Waals surface area (Å²) in [6.07, 6.45) is 5.24. The number of aryl methyl sites for hydroxylation is 1. The van der Waals surface area contributed by atoms with Crippen molar-refractivity contribution in [2.24, 2.45) is 13.0 Å². The second kappa shape index (κ2) is 12.8. The molecule has 38 heavy (non-hydrogen) atoms. The molecule has 3 amide bonds. The molecular formula is C28H42ClN5O4. The van der Waals surface area contributed by atoms with Gasteiger partial charge in [-0.25, -0.2) is 0 Å². The largest absolute Gasteiger partial charge is 0.497 e. The lowest BCUT2D eigenvalue weighted by Crippen LogP contribution is -2.62. The van der Waals surface area contributed by atoms with Gasteiger partial charge in [0.15, 0.2) is 0 Å². The summed E-state index contributed by atoms with van der Waals surface area (Å²) >= 11 is 0. The van der Waals surface area contributed by atoms with Crippen LogP contribution in [0.15, 0.2) is 24.3 Å². The van der Waals surface area contributed by atoms with E-state index in [2.05, 4.69) is 10.6 Å². The molecule has 0 radical (unpaired) electrons. The summed E-state index contributed by atoms with van der Waals surface area (Å²) in [7, 11) is 5.26. The van der Waals surface area contributed by atoms with Gasteiger partial charge in [0.2, 0.25) is 11.8 Å².